The molecule has 16 heavy (non-hydrogen) atoms. The van der Waals surface area contributed by atoms with Crippen molar-refractivity contribution in [3.05, 3.63) is 0 Å². The average Bonchev–Trinajstić information content (AvgIpc) is 2.73. The van der Waals surface area contributed by atoms with Crippen LogP contribution in [0.15, 0.2) is 0 Å². The maximum absolute atomic E-state index is 11.2. The third-order valence-corrected chi connectivity index (χ3v) is 4.03. The molecule has 0 aromatic rings. The Morgan fingerprint density at radius 2 is 2.25 bits per heavy atom. The van der Waals surface area contributed by atoms with Crippen molar-refractivity contribution < 1.29 is 4.79 Å². The summed E-state index contributed by atoms with van der Waals surface area (Å²) >= 11 is 0. The molecule has 3 N–H and O–H groups in total. The molecule has 0 bridgehead atoms. The van der Waals surface area contributed by atoms with E-state index in [0.29, 0.717) is 12.1 Å². The van der Waals surface area contributed by atoms with Gasteiger partial charge in [0, 0.05) is 25.2 Å². The van der Waals surface area contributed by atoms with Crippen LogP contribution in [0.2, 0.25) is 0 Å². The zero-order valence-corrected chi connectivity index (χ0v) is 10.1. The first-order valence-electron chi connectivity index (χ1n) is 6.43. The number of piperidine rings is 1. The lowest BCUT2D eigenvalue weighted by Crippen LogP contribution is -2.49. The number of hydrogen-bond acceptors (Lipinski definition) is 3. The Hall–Kier alpha value is -0.610. The number of rotatable bonds is 3. The molecule has 2 fully saturated rings. The van der Waals surface area contributed by atoms with Crippen LogP contribution in [0.5, 0.6) is 0 Å². The van der Waals surface area contributed by atoms with E-state index in [0.717, 1.165) is 32.5 Å². The van der Waals surface area contributed by atoms with E-state index in [1.165, 1.54) is 12.8 Å². The van der Waals surface area contributed by atoms with Gasteiger partial charge in [0.2, 0.25) is 5.91 Å². The fourth-order valence-corrected chi connectivity index (χ4v) is 2.86. The molecule has 2 saturated heterocycles. The molecule has 0 saturated carbocycles. The molecule has 92 valence electrons. The third kappa shape index (κ3) is 2.74. The minimum atomic E-state index is -0.128. The minimum absolute atomic E-state index is 0.0672. The predicted molar refractivity (Wildman–Crippen MR) is 64.0 cm³/mol. The molecule has 0 aromatic heterocycles. The number of carbonyl (C=O) groups is 1. The van der Waals surface area contributed by atoms with E-state index in [2.05, 4.69) is 17.1 Å². The normalized spacial score (nSPS) is 36.4. The van der Waals surface area contributed by atoms with Crippen molar-refractivity contribution in [1.82, 2.24) is 10.2 Å². The van der Waals surface area contributed by atoms with Gasteiger partial charge in [-0.1, -0.05) is 0 Å². The van der Waals surface area contributed by atoms with E-state index in [1.807, 2.05) is 0 Å². The lowest BCUT2D eigenvalue weighted by molar-refractivity contribution is -0.124. The second kappa shape index (κ2) is 5.15. The molecule has 2 aliphatic heterocycles. The van der Waals surface area contributed by atoms with Crippen molar-refractivity contribution >= 4 is 5.91 Å². The first kappa shape index (κ1) is 11.9. The Morgan fingerprint density at radius 1 is 1.44 bits per heavy atom. The summed E-state index contributed by atoms with van der Waals surface area (Å²) in [5.74, 6) is -0.0612. The lowest BCUT2D eigenvalue weighted by Gasteiger charge is -2.38. The molecule has 2 aliphatic rings. The maximum atomic E-state index is 11.2. The van der Waals surface area contributed by atoms with Crippen LogP contribution < -0.4 is 11.1 Å². The SMILES string of the molecule is CC1CCC(C(N)=O)CN1C[C@@H]1CCCN1. The molecule has 4 nitrogen and oxygen atoms in total. The fraction of sp³-hybridized carbons (Fsp3) is 0.917. The van der Waals surface area contributed by atoms with E-state index < -0.39 is 0 Å². The van der Waals surface area contributed by atoms with Crippen LogP contribution in [-0.2, 0) is 4.79 Å². The quantitative estimate of drug-likeness (QED) is 0.727. The van der Waals surface area contributed by atoms with Crippen LogP contribution in [0.3, 0.4) is 0 Å². The number of nitrogens with zero attached hydrogens (tertiary/aromatic N) is 1. The summed E-state index contributed by atoms with van der Waals surface area (Å²) in [6.45, 7) is 5.33. The first-order valence-corrected chi connectivity index (χ1v) is 6.43. The second-order valence-corrected chi connectivity index (χ2v) is 5.27. The zero-order chi connectivity index (χ0) is 11.5. The van der Waals surface area contributed by atoms with Gasteiger partial charge in [0.05, 0.1) is 5.92 Å². The van der Waals surface area contributed by atoms with E-state index >= 15 is 0 Å². The standard InChI is InChI=1S/C12H23N3O/c1-9-4-5-10(12(13)16)7-15(9)8-11-3-2-6-14-11/h9-11,14H,2-8H2,1H3,(H2,13,16)/t9?,10?,11-/m0/s1. The zero-order valence-electron chi connectivity index (χ0n) is 10.1. The Kier molecular flexibility index (Phi) is 3.82. The predicted octanol–water partition coefficient (Wildman–Crippen LogP) is 0.324. The minimum Gasteiger partial charge on any atom is -0.369 e. The van der Waals surface area contributed by atoms with Crippen LogP contribution in [0, 0.1) is 5.92 Å². The van der Waals surface area contributed by atoms with Crippen molar-refractivity contribution in [2.75, 3.05) is 19.6 Å². The van der Waals surface area contributed by atoms with E-state index in [9.17, 15) is 4.79 Å². The van der Waals surface area contributed by atoms with Gasteiger partial charge in [-0.2, -0.15) is 0 Å². The van der Waals surface area contributed by atoms with E-state index in [-0.39, 0.29) is 11.8 Å². The summed E-state index contributed by atoms with van der Waals surface area (Å²) in [6.07, 6.45) is 4.61. The van der Waals surface area contributed by atoms with Crippen LogP contribution in [0.4, 0.5) is 0 Å². The summed E-state index contributed by atoms with van der Waals surface area (Å²) in [7, 11) is 0. The van der Waals surface area contributed by atoms with Crippen LogP contribution in [0.1, 0.15) is 32.6 Å². The number of hydrogen-bond donors (Lipinski definition) is 2. The summed E-state index contributed by atoms with van der Waals surface area (Å²) < 4.78 is 0. The van der Waals surface area contributed by atoms with Gasteiger partial charge < -0.3 is 11.1 Å². The van der Waals surface area contributed by atoms with Gasteiger partial charge in [0.1, 0.15) is 0 Å². The van der Waals surface area contributed by atoms with Crippen molar-refractivity contribution in [1.29, 1.82) is 0 Å². The molecule has 2 rings (SSSR count). The Morgan fingerprint density at radius 3 is 2.88 bits per heavy atom. The second-order valence-electron chi connectivity index (χ2n) is 5.27. The molecule has 4 heteroatoms. The molecule has 2 heterocycles. The molecule has 0 aliphatic carbocycles. The van der Waals surface area contributed by atoms with Crippen LogP contribution >= 0.6 is 0 Å². The largest absolute Gasteiger partial charge is 0.369 e. The Bertz CT molecular complexity index is 251. The van der Waals surface area contributed by atoms with E-state index in [1.54, 1.807) is 0 Å². The third-order valence-electron chi connectivity index (χ3n) is 4.03. The summed E-state index contributed by atoms with van der Waals surface area (Å²) in [6, 6.07) is 1.21. The fourth-order valence-electron chi connectivity index (χ4n) is 2.86. The molecular weight excluding hydrogens is 202 g/mol. The van der Waals surface area contributed by atoms with Crippen molar-refractivity contribution in [3.63, 3.8) is 0 Å². The Labute approximate surface area is 97.6 Å². The highest BCUT2D eigenvalue weighted by molar-refractivity contribution is 5.76. The van der Waals surface area contributed by atoms with Gasteiger partial charge in [-0.3, -0.25) is 9.69 Å². The van der Waals surface area contributed by atoms with Gasteiger partial charge >= 0.3 is 0 Å². The highest BCUT2D eigenvalue weighted by atomic mass is 16.1. The summed E-state index contributed by atoms with van der Waals surface area (Å²) in [4.78, 5) is 13.7. The van der Waals surface area contributed by atoms with Crippen LogP contribution in [-0.4, -0.2) is 42.5 Å². The monoisotopic (exact) mass is 225 g/mol. The number of amides is 1. The van der Waals surface area contributed by atoms with Gasteiger partial charge in [-0.05, 0) is 39.2 Å². The van der Waals surface area contributed by atoms with Crippen molar-refractivity contribution in [3.8, 4) is 0 Å². The number of nitrogens with one attached hydrogen (secondary N) is 1. The summed E-state index contributed by atoms with van der Waals surface area (Å²) in [5, 5.41) is 3.51. The number of likely N-dealkylation sites (tertiary alicyclic amines) is 1. The molecule has 3 atom stereocenters. The van der Waals surface area contributed by atoms with Crippen LogP contribution in [0.25, 0.3) is 0 Å². The molecular formula is C12H23N3O. The first-order chi connectivity index (χ1) is 7.66. The smallest absolute Gasteiger partial charge is 0.221 e. The lowest BCUT2D eigenvalue weighted by atomic mass is 9.92. The number of carbonyl (C=O) groups excluding carboxylic acids is 1. The maximum Gasteiger partial charge on any atom is 0.221 e. The topological polar surface area (TPSA) is 58.4 Å². The molecule has 2 unspecified atom stereocenters. The van der Waals surface area contributed by atoms with Gasteiger partial charge in [-0.15, -0.1) is 0 Å². The number of primary amides is 1. The van der Waals surface area contributed by atoms with Gasteiger partial charge in [-0.25, -0.2) is 0 Å². The molecule has 0 aromatic carbocycles. The van der Waals surface area contributed by atoms with E-state index in [4.69, 9.17) is 5.73 Å². The highest BCUT2D eigenvalue weighted by Gasteiger charge is 2.30. The van der Waals surface area contributed by atoms with Crippen molar-refractivity contribution in [2.24, 2.45) is 11.7 Å². The molecule has 0 radical (unpaired) electrons. The highest BCUT2D eigenvalue weighted by Crippen LogP contribution is 2.22. The van der Waals surface area contributed by atoms with Gasteiger partial charge in [0.15, 0.2) is 0 Å². The average molecular weight is 225 g/mol. The number of nitrogens with two attached hydrogens (primary N) is 1. The molecule has 1 amide bonds. The summed E-state index contributed by atoms with van der Waals surface area (Å²) in [5.41, 5.74) is 5.40. The Balaban J connectivity index is 1.87. The van der Waals surface area contributed by atoms with Crippen molar-refractivity contribution in [2.45, 2.75) is 44.7 Å². The van der Waals surface area contributed by atoms with Gasteiger partial charge in [0.25, 0.3) is 0 Å². The molecule has 0 spiro atoms.